The molecule has 1 heterocycles. The van der Waals surface area contributed by atoms with Crippen molar-refractivity contribution in [1.29, 1.82) is 0 Å². The van der Waals surface area contributed by atoms with Gasteiger partial charge in [-0.05, 0) is 0 Å². The van der Waals surface area contributed by atoms with Crippen LogP contribution in [0.3, 0.4) is 0 Å². The maximum atomic E-state index is 12.1. The third-order valence-corrected chi connectivity index (χ3v) is 26.0. The molecule has 186 valence electrons. The van der Waals surface area contributed by atoms with Crippen molar-refractivity contribution < 1.29 is 19.1 Å². The molecule has 0 aromatic carbocycles. The molecule has 0 aromatic heterocycles. The van der Waals surface area contributed by atoms with Crippen LogP contribution in [0.1, 0.15) is 87.0 Å². The predicted octanol–water partition coefficient (Wildman–Crippen LogP) is 8.08. The Morgan fingerprint density at radius 3 is 1.91 bits per heavy atom. The number of aliphatic hydroxyl groups excluding tert-OH is 1. The Kier molecular flexibility index (Phi) is 11.6. The molecule has 0 saturated heterocycles. The second-order valence-corrected chi connectivity index (χ2v) is 29.2. The van der Waals surface area contributed by atoms with Crippen molar-refractivity contribution in [2.45, 2.75) is 130 Å². The molecular formula is C26H50O4SiSn. The van der Waals surface area contributed by atoms with E-state index < -0.39 is 38.3 Å². The summed E-state index contributed by atoms with van der Waals surface area (Å²) in [5.41, 5.74) is -0.967. The van der Waals surface area contributed by atoms with E-state index >= 15 is 0 Å². The Bertz CT molecular complexity index is 643. The van der Waals surface area contributed by atoms with Gasteiger partial charge >= 0.3 is 204 Å². The number of carbonyl (C=O) groups is 1. The fourth-order valence-corrected chi connectivity index (χ4v) is 19.7. The number of ether oxygens (including phenoxy) is 1. The molecule has 0 aromatic rings. The zero-order valence-corrected chi connectivity index (χ0v) is 26.2. The summed E-state index contributed by atoms with van der Waals surface area (Å²) in [5.74, 6) is -0.954. The van der Waals surface area contributed by atoms with Crippen LogP contribution in [-0.4, -0.2) is 49.5 Å². The number of hydrogen-bond acceptors (Lipinski definition) is 4. The van der Waals surface area contributed by atoms with Gasteiger partial charge in [0.25, 0.3) is 0 Å². The molecule has 32 heavy (non-hydrogen) atoms. The van der Waals surface area contributed by atoms with Crippen molar-refractivity contribution in [3.8, 4) is 0 Å². The van der Waals surface area contributed by atoms with Crippen molar-refractivity contribution in [2.24, 2.45) is 0 Å². The van der Waals surface area contributed by atoms with Crippen LogP contribution < -0.4 is 0 Å². The van der Waals surface area contributed by atoms with Crippen LogP contribution in [-0.2, 0) is 14.0 Å². The molecule has 2 atom stereocenters. The van der Waals surface area contributed by atoms with Gasteiger partial charge in [0.1, 0.15) is 0 Å². The van der Waals surface area contributed by atoms with E-state index in [0.717, 1.165) is 0 Å². The summed E-state index contributed by atoms with van der Waals surface area (Å²) in [6, 6.07) is 0. The Morgan fingerprint density at radius 1 is 1.09 bits per heavy atom. The Hall–Kier alpha value is -0.274. The fraction of sp³-hybridized carbons (Fsp3) is 0.808. The summed E-state index contributed by atoms with van der Waals surface area (Å²) in [5, 5.41) is 10.1. The van der Waals surface area contributed by atoms with E-state index in [1.807, 2.05) is 6.92 Å². The van der Waals surface area contributed by atoms with E-state index in [1.54, 1.807) is 6.08 Å². The second kappa shape index (κ2) is 12.4. The van der Waals surface area contributed by atoms with Crippen LogP contribution >= 0.6 is 0 Å². The van der Waals surface area contributed by atoms with Gasteiger partial charge in [0, 0.05) is 0 Å². The van der Waals surface area contributed by atoms with E-state index in [2.05, 4.69) is 64.8 Å². The summed E-state index contributed by atoms with van der Waals surface area (Å²) in [4.78, 5) is 12.1. The zero-order valence-electron chi connectivity index (χ0n) is 22.3. The molecule has 0 radical (unpaired) electrons. The van der Waals surface area contributed by atoms with E-state index in [4.69, 9.17) is 9.16 Å². The van der Waals surface area contributed by atoms with Gasteiger partial charge in [-0.25, -0.2) is 0 Å². The Morgan fingerprint density at radius 2 is 1.56 bits per heavy atom. The summed E-state index contributed by atoms with van der Waals surface area (Å²) < 4.78 is 19.3. The van der Waals surface area contributed by atoms with Crippen LogP contribution in [0, 0.1) is 0 Å². The molecule has 1 N–H and O–H groups in total. The summed E-state index contributed by atoms with van der Waals surface area (Å²) in [7, 11) is -2.13. The van der Waals surface area contributed by atoms with Crippen molar-refractivity contribution in [3.63, 3.8) is 0 Å². The Labute approximate surface area is 203 Å². The molecule has 0 unspecified atom stereocenters. The maximum absolute atomic E-state index is 12.1. The monoisotopic (exact) mass is 574 g/mol. The quantitative estimate of drug-likeness (QED) is 0.169. The average molecular weight is 573 g/mol. The third-order valence-electron chi connectivity index (χ3n) is 7.45. The van der Waals surface area contributed by atoms with Gasteiger partial charge in [0.2, 0.25) is 0 Å². The molecule has 0 bridgehead atoms. The van der Waals surface area contributed by atoms with Crippen LogP contribution in [0.25, 0.3) is 0 Å². The third kappa shape index (κ3) is 8.19. The molecule has 0 amide bonds. The topological polar surface area (TPSA) is 55.8 Å². The molecule has 0 aliphatic carbocycles. The van der Waals surface area contributed by atoms with Crippen molar-refractivity contribution in [1.82, 2.24) is 0 Å². The first-order valence-electron chi connectivity index (χ1n) is 12.8. The fourth-order valence-electron chi connectivity index (χ4n) is 4.10. The van der Waals surface area contributed by atoms with Gasteiger partial charge in [-0.3, -0.25) is 0 Å². The molecule has 1 aliphatic rings. The van der Waals surface area contributed by atoms with Crippen LogP contribution in [0.5, 0.6) is 0 Å². The first-order valence-corrected chi connectivity index (χ1v) is 23.4. The molecule has 0 fully saturated rings. The number of unbranched alkanes of at least 4 members (excludes halogenated alkanes) is 3. The summed E-state index contributed by atoms with van der Waals surface area (Å²) in [6.45, 7) is 19.9. The summed E-state index contributed by atoms with van der Waals surface area (Å²) in [6.07, 6.45) is 11.0. The average Bonchev–Trinajstić information content (AvgIpc) is 2.97. The van der Waals surface area contributed by atoms with Crippen molar-refractivity contribution >= 4 is 32.7 Å². The first-order chi connectivity index (χ1) is 14.8. The van der Waals surface area contributed by atoms with Gasteiger partial charge in [0.05, 0.1) is 0 Å². The normalized spacial score (nSPS) is 21.2. The summed E-state index contributed by atoms with van der Waals surface area (Å²) >= 11 is -2.54. The number of cyclic esters (lactones) is 1. The molecule has 1 aliphatic heterocycles. The number of aliphatic hydroxyl groups is 1. The molecule has 0 spiro atoms. The number of rotatable bonds is 14. The number of esters is 1. The molecule has 1 rings (SSSR count). The van der Waals surface area contributed by atoms with Crippen LogP contribution in [0.2, 0.25) is 31.4 Å². The van der Waals surface area contributed by atoms with Gasteiger partial charge < -0.3 is 0 Å². The molecule has 4 nitrogen and oxygen atoms in total. The van der Waals surface area contributed by atoms with Gasteiger partial charge in [-0.15, -0.1) is 0 Å². The van der Waals surface area contributed by atoms with E-state index in [0.29, 0.717) is 0 Å². The van der Waals surface area contributed by atoms with Crippen LogP contribution in [0.15, 0.2) is 22.0 Å². The number of hydrogen-bond donors (Lipinski definition) is 1. The Balaban J connectivity index is 3.40. The van der Waals surface area contributed by atoms with E-state index in [9.17, 15) is 9.90 Å². The number of carbonyl (C=O) groups excluding carboxylic acids is 1. The molecule has 6 heteroatoms. The molecule has 0 saturated carbocycles. The van der Waals surface area contributed by atoms with Crippen LogP contribution in [0.4, 0.5) is 0 Å². The minimum absolute atomic E-state index is 0.0385. The van der Waals surface area contributed by atoms with Crippen molar-refractivity contribution in [2.75, 3.05) is 0 Å². The van der Waals surface area contributed by atoms with E-state index in [1.165, 1.54) is 51.8 Å². The van der Waals surface area contributed by atoms with E-state index in [-0.39, 0.29) is 16.9 Å². The second-order valence-electron chi connectivity index (χ2n) is 11.4. The van der Waals surface area contributed by atoms with Gasteiger partial charge in [-0.2, -0.15) is 0 Å². The first kappa shape index (κ1) is 29.8. The SMILES string of the molecule is CCC[CH2][Sn](/[CH]=C/[C@@H](O[Si](C)(C)C(C)(C)C)[C@]1(C)C=C(O)C(=O)O1)([CH2]CCC)[CH2]CCC. The minimum atomic E-state index is -2.54. The van der Waals surface area contributed by atoms with Crippen molar-refractivity contribution in [3.05, 3.63) is 22.0 Å². The standard InChI is InChI=1S/C14H23O4Si.3C4H9.Sn/c1-8-11(18-19(6,7)13(2,3)4)14(5)9-10(15)12(16)17-14;3*1-3-4-2;/h1,8-9,11,15H,2-7H3;3*1,3-4H2,2H3;/t11-,14+;;;;/m1..../s1. The van der Waals surface area contributed by atoms with Gasteiger partial charge in [0.15, 0.2) is 0 Å². The molecular weight excluding hydrogens is 523 g/mol. The zero-order chi connectivity index (χ0) is 24.6. The van der Waals surface area contributed by atoms with Gasteiger partial charge in [-0.1, -0.05) is 0 Å². The predicted molar refractivity (Wildman–Crippen MR) is 141 cm³/mol.